The fraction of sp³-hybridized carbons (Fsp3) is 0.235. The van der Waals surface area contributed by atoms with Crippen LogP contribution in [0.5, 0.6) is 0 Å². The topological polar surface area (TPSA) is 47.8 Å². The van der Waals surface area contributed by atoms with Gasteiger partial charge in [0.25, 0.3) is 0 Å². The first-order valence-corrected chi connectivity index (χ1v) is 7.34. The highest BCUT2D eigenvalue weighted by Gasteiger charge is 2.17. The van der Waals surface area contributed by atoms with E-state index in [0.29, 0.717) is 23.1 Å². The monoisotopic (exact) mass is 333 g/mol. The Morgan fingerprint density at radius 1 is 1.21 bits per heavy atom. The molecule has 1 atom stereocenters. The second-order valence-corrected chi connectivity index (χ2v) is 5.69. The van der Waals surface area contributed by atoms with Gasteiger partial charge in [-0.15, -0.1) is 0 Å². The quantitative estimate of drug-likeness (QED) is 0.683. The molecule has 0 amide bonds. The predicted molar refractivity (Wildman–Crippen MR) is 82.7 cm³/mol. The summed E-state index contributed by atoms with van der Waals surface area (Å²) in [5, 5.41) is 4.18. The molecule has 0 saturated carbocycles. The smallest absolute Gasteiger partial charge is 0.195 e. The Morgan fingerprint density at radius 2 is 1.96 bits per heavy atom. The zero-order chi connectivity index (χ0) is 17.4. The molecule has 0 radical (unpaired) electrons. The third-order valence-electron chi connectivity index (χ3n) is 3.98. The average molecular weight is 333 g/mol. The molecule has 124 valence electrons. The molecule has 0 spiro atoms. The van der Waals surface area contributed by atoms with Crippen molar-refractivity contribution in [1.82, 2.24) is 14.8 Å². The summed E-state index contributed by atoms with van der Waals surface area (Å²) in [4.78, 5) is 15.6. The van der Waals surface area contributed by atoms with Gasteiger partial charge in [0.15, 0.2) is 17.5 Å². The van der Waals surface area contributed by atoms with Gasteiger partial charge in [0, 0.05) is 23.2 Å². The fourth-order valence-corrected chi connectivity index (χ4v) is 2.39. The number of ketones is 1. The van der Waals surface area contributed by atoms with Crippen LogP contribution < -0.4 is 0 Å². The molecule has 3 aromatic rings. The Balaban J connectivity index is 2.08. The predicted octanol–water partition coefficient (Wildman–Crippen LogP) is 3.74. The molecule has 4 nitrogen and oxygen atoms in total. The lowest BCUT2D eigenvalue weighted by atomic mass is 10.1. The van der Waals surface area contributed by atoms with Gasteiger partial charge >= 0.3 is 0 Å². The maximum absolute atomic E-state index is 14.0. The van der Waals surface area contributed by atoms with E-state index in [9.17, 15) is 18.0 Å². The van der Waals surface area contributed by atoms with Crippen molar-refractivity contribution in [3.63, 3.8) is 0 Å². The van der Waals surface area contributed by atoms with E-state index in [-0.39, 0.29) is 17.3 Å². The first-order chi connectivity index (χ1) is 11.4. The van der Waals surface area contributed by atoms with Gasteiger partial charge < -0.3 is 0 Å². The van der Waals surface area contributed by atoms with Crippen LogP contribution in [-0.2, 0) is 11.3 Å². The number of benzene rings is 1. The van der Waals surface area contributed by atoms with Crippen molar-refractivity contribution >= 4 is 16.8 Å². The number of carbonyl (C=O) groups excluding carboxylic acids is 1. The van der Waals surface area contributed by atoms with Gasteiger partial charge in [0.2, 0.25) is 0 Å². The fourth-order valence-electron chi connectivity index (χ4n) is 2.39. The van der Waals surface area contributed by atoms with Crippen molar-refractivity contribution in [2.24, 2.45) is 5.92 Å². The van der Waals surface area contributed by atoms with Crippen molar-refractivity contribution in [2.45, 2.75) is 20.4 Å². The second kappa shape index (κ2) is 6.07. The summed E-state index contributed by atoms with van der Waals surface area (Å²) in [5.41, 5.74) is 1.37. The van der Waals surface area contributed by atoms with Crippen LogP contribution in [-0.4, -0.2) is 20.5 Å². The molecule has 24 heavy (non-hydrogen) atoms. The standard InChI is InChI=1S/C17H14F3N3O/c1-9(10(2)24)8-23-15-5-11(6-21-14(15)7-22-23)12-3-4-13(18)17(20)16(12)19/h3-7,9H,8H2,1-2H3/t9-/m0/s1. The molecule has 2 aromatic heterocycles. The van der Waals surface area contributed by atoms with Gasteiger partial charge in [-0.1, -0.05) is 6.92 Å². The number of aromatic nitrogens is 3. The Hall–Kier alpha value is -2.70. The van der Waals surface area contributed by atoms with E-state index in [1.807, 2.05) is 0 Å². The minimum Gasteiger partial charge on any atom is -0.300 e. The minimum absolute atomic E-state index is 0.0226. The molecular weight excluding hydrogens is 319 g/mol. The maximum Gasteiger partial charge on any atom is 0.195 e. The number of hydrogen-bond donors (Lipinski definition) is 0. The highest BCUT2D eigenvalue weighted by atomic mass is 19.2. The van der Waals surface area contributed by atoms with E-state index in [0.717, 1.165) is 12.1 Å². The highest BCUT2D eigenvalue weighted by Crippen LogP contribution is 2.27. The number of halogens is 3. The summed E-state index contributed by atoms with van der Waals surface area (Å²) in [6.45, 7) is 3.63. The summed E-state index contributed by atoms with van der Waals surface area (Å²) in [6, 6.07) is 3.63. The lowest BCUT2D eigenvalue weighted by Crippen LogP contribution is -2.15. The van der Waals surface area contributed by atoms with Crippen LogP contribution in [0.1, 0.15) is 13.8 Å². The molecule has 2 heterocycles. The third kappa shape index (κ3) is 2.77. The van der Waals surface area contributed by atoms with Gasteiger partial charge in [-0.2, -0.15) is 5.10 Å². The van der Waals surface area contributed by atoms with Gasteiger partial charge in [0.05, 0.1) is 18.3 Å². The first kappa shape index (κ1) is 16.2. The molecule has 0 unspecified atom stereocenters. The summed E-state index contributed by atoms with van der Waals surface area (Å²) >= 11 is 0. The molecule has 0 bridgehead atoms. The van der Waals surface area contributed by atoms with Crippen molar-refractivity contribution in [2.75, 3.05) is 0 Å². The number of Topliss-reactive ketones (excluding diaryl/α,β-unsaturated/α-hetero) is 1. The van der Waals surface area contributed by atoms with Crippen LogP contribution in [0, 0.1) is 23.4 Å². The molecule has 1 aromatic carbocycles. The van der Waals surface area contributed by atoms with E-state index < -0.39 is 17.5 Å². The van der Waals surface area contributed by atoms with Gasteiger partial charge in [0.1, 0.15) is 11.3 Å². The first-order valence-electron chi connectivity index (χ1n) is 7.34. The number of pyridine rings is 1. The number of hydrogen-bond acceptors (Lipinski definition) is 3. The van der Waals surface area contributed by atoms with Crippen LogP contribution in [0.15, 0.2) is 30.6 Å². The molecule has 0 saturated heterocycles. The lowest BCUT2D eigenvalue weighted by Gasteiger charge is -2.10. The molecular formula is C17H14F3N3O. The van der Waals surface area contributed by atoms with Crippen LogP contribution >= 0.6 is 0 Å². The van der Waals surface area contributed by atoms with E-state index in [2.05, 4.69) is 10.1 Å². The third-order valence-corrected chi connectivity index (χ3v) is 3.98. The Bertz CT molecular complexity index is 936. The average Bonchev–Trinajstić information content (AvgIpc) is 2.95. The van der Waals surface area contributed by atoms with Crippen molar-refractivity contribution in [1.29, 1.82) is 0 Å². The van der Waals surface area contributed by atoms with Crippen LogP contribution in [0.25, 0.3) is 22.2 Å². The molecule has 0 aliphatic carbocycles. The van der Waals surface area contributed by atoms with Crippen molar-refractivity contribution in [3.8, 4) is 11.1 Å². The minimum atomic E-state index is -1.52. The largest absolute Gasteiger partial charge is 0.300 e. The van der Waals surface area contributed by atoms with Gasteiger partial charge in [-0.3, -0.25) is 14.5 Å². The second-order valence-electron chi connectivity index (χ2n) is 5.69. The Labute approximate surface area is 135 Å². The van der Waals surface area contributed by atoms with Crippen LogP contribution in [0.3, 0.4) is 0 Å². The normalized spacial score (nSPS) is 12.5. The van der Waals surface area contributed by atoms with Crippen LogP contribution in [0.4, 0.5) is 13.2 Å². The molecule has 0 aliphatic heterocycles. The zero-order valence-corrected chi connectivity index (χ0v) is 13.1. The number of nitrogens with zero attached hydrogens (tertiary/aromatic N) is 3. The maximum atomic E-state index is 14.0. The zero-order valence-electron chi connectivity index (χ0n) is 13.1. The summed E-state index contributed by atoms with van der Waals surface area (Å²) < 4.78 is 42.1. The SMILES string of the molecule is CC(=O)[C@@H](C)Cn1ncc2ncc(-c3ccc(F)c(F)c3F)cc21. The van der Waals surface area contributed by atoms with Gasteiger partial charge in [-0.05, 0) is 25.1 Å². The highest BCUT2D eigenvalue weighted by molar-refractivity contribution is 5.81. The molecule has 3 rings (SSSR count). The summed E-state index contributed by atoms with van der Waals surface area (Å²) in [7, 11) is 0. The van der Waals surface area contributed by atoms with Gasteiger partial charge in [-0.25, -0.2) is 13.2 Å². The number of carbonyl (C=O) groups is 1. The lowest BCUT2D eigenvalue weighted by molar-refractivity contribution is -0.120. The number of fused-ring (bicyclic) bond motifs is 1. The Kier molecular flexibility index (Phi) is 4.09. The van der Waals surface area contributed by atoms with E-state index >= 15 is 0 Å². The molecule has 7 heteroatoms. The summed E-state index contributed by atoms with van der Waals surface area (Å²) in [5.74, 6) is -4.25. The Morgan fingerprint density at radius 3 is 2.67 bits per heavy atom. The van der Waals surface area contributed by atoms with Crippen LogP contribution in [0.2, 0.25) is 0 Å². The van der Waals surface area contributed by atoms with E-state index in [4.69, 9.17) is 0 Å². The molecule has 0 fully saturated rings. The van der Waals surface area contributed by atoms with E-state index in [1.54, 1.807) is 17.7 Å². The number of rotatable bonds is 4. The van der Waals surface area contributed by atoms with E-state index in [1.165, 1.54) is 19.3 Å². The molecule has 0 aliphatic rings. The van der Waals surface area contributed by atoms with Crippen molar-refractivity contribution in [3.05, 3.63) is 48.0 Å². The molecule has 0 N–H and O–H groups in total. The van der Waals surface area contributed by atoms with Crippen molar-refractivity contribution < 1.29 is 18.0 Å². The summed E-state index contributed by atoms with van der Waals surface area (Å²) in [6.07, 6.45) is 2.91.